The van der Waals surface area contributed by atoms with E-state index in [1.165, 1.54) is 0 Å². The van der Waals surface area contributed by atoms with E-state index in [1.807, 2.05) is 6.92 Å². The van der Waals surface area contributed by atoms with Crippen molar-refractivity contribution in [3.05, 3.63) is 40.8 Å². The van der Waals surface area contributed by atoms with Gasteiger partial charge in [-0.05, 0) is 43.5 Å². The number of pyridine rings is 1. The highest BCUT2D eigenvalue weighted by Gasteiger charge is 2.17. The summed E-state index contributed by atoms with van der Waals surface area (Å²) in [4.78, 5) is 4.09. The summed E-state index contributed by atoms with van der Waals surface area (Å²) < 4.78 is 40.2. The Morgan fingerprint density at radius 3 is 2.53 bits per heavy atom. The van der Waals surface area contributed by atoms with Gasteiger partial charge in [-0.2, -0.15) is 0 Å². The lowest BCUT2D eigenvalue weighted by Crippen LogP contribution is -2.14. The Kier molecular flexibility index (Phi) is 3.75. The first-order valence-corrected chi connectivity index (χ1v) is 6.07. The molecular formula is C14H15F3N2. The highest BCUT2D eigenvalue weighted by Crippen LogP contribution is 2.25. The molecule has 0 spiro atoms. The maximum atomic E-state index is 13.7. The summed E-state index contributed by atoms with van der Waals surface area (Å²) in [6.07, 6.45) is 0.575. The van der Waals surface area contributed by atoms with Gasteiger partial charge in [0.15, 0.2) is 17.5 Å². The van der Waals surface area contributed by atoms with E-state index in [4.69, 9.17) is 5.73 Å². The third-order valence-electron chi connectivity index (χ3n) is 3.16. The van der Waals surface area contributed by atoms with Gasteiger partial charge in [0.1, 0.15) is 5.52 Å². The lowest BCUT2D eigenvalue weighted by molar-refractivity contribution is 0.452. The van der Waals surface area contributed by atoms with Crippen molar-refractivity contribution in [3.8, 4) is 0 Å². The Bertz CT molecular complexity index is 626. The van der Waals surface area contributed by atoms with Crippen LogP contribution in [0, 0.1) is 30.3 Å². The van der Waals surface area contributed by atoms with Crippen LogP contribution in [0.1, 0.15) is 18.2 Å². The van der Waals surface area contributed by atoms with Crippen molar-refractivity contribution in [1.29, 1.82) is 0 Å². The Balaban J connectivity index is 2.62. The molecular weight excluding hydrogens is 253 g/mol. The number of halogens is 3. The van der Waals surface area contributed by atoms with Crippen LogP contribution in [0.2, 0.25) is 0 Å². The van der Waals surface area contributed by atoms with Crippen molar-refractivity contribution in [2.24, 2.45) is 11.7 Å². The van der Waals surface area contributed by atoms with Gasteiger partial charge >= 0.3 is 0 Å². The molecule has 2 nitrogen and oxygen atoms in total. The van der Waals surface area contributed by atoms with E-state index >= 15 is 0 Å². The summed E-state index contributed by atoms with van der Waals surface area (Å²) in [6.45, 7) is 4.15. The summed E-state index contributed by atoms with van der Waals surface area (Å²) in [5.74, 6) is -3.72. The van der Waals surface area contributed by atoms with Crippen molar-refractivity contribution >= 4 is 10.9 Å². The van der Waals surface area contributed by atoms with Gasteiger partial charge in [0.2, 0.25) is 0 Å². The molecule has 0 aliphatic carbocycles. The lowest BCUT2D eigenvalue weighted by Gasteiger charge is -2.11. The van der Waals surface area contributed by atoms with E-state index in [2.05, 4.69) is 4.98 Å². The maximum absolute atomic E-state index is 13.7. The molecule has 0 amide bonds. The second-order valence-electron chi connectivity index (χ2n) is 4.86. The molecule has 0 aliphatic heterocycles. The van der Waals surface area contributed by atoms with Crippen LogP contribution in [0.25, 0.3) is 10.9 Å². The minimum Gasteiger partial charge on any atom is -0.330 e. The molecule has 5 heteroatoms. The largest absolute Gasteiger partial charge is 0.330 e. The van der Waals surface area contributed by atoms with Gasteiger partial charge in [-0.25, -0.2) is 18.2 Å². The quantitative estimate of drug-likeness (QED) is 0.869. The van der Waals surface area contributed by atoms with Crippen LogP contribution < -0.4 is 5.73 Å². The average molecular weight is 268 g/mol. The lowest BCUT2D eigenvalue weighted by atomic mass is 10.0. The number of aromatic nitrogens is 1. The standard InChI is InChI=1S/C14H15F3N2/c1-7(6-18)3-9-4-8(2)10-5-11(15)12(16)13(17)14(10)19-9/h4-5,7H,3,6,18H2,1-2H3. The number of aryl methyl sites for hydroxylation is 1. The van der Waals surface area contributed by atoms with Crippen LogP contribution in [0.4, 0.5) is 13.2 Å². The van der Waals surface area contributed by atoms with E-state index in [9.17, 15) is 13.2 Å². The molecule has 0 fully saturated rings. The fourth-order valence-electron chi connectivity index (χ4n) is 2.04. The highest BCUT2D eigenvalue weighted by molar-refractivity contribution is 5.83. The van der Waals surface area contributed by atoms with Gasteiger partial charge in [-0.3, -0.25) is 0 Å². The first-order chi connectivity index (χ1) is 8.93. The van der Waals surface area contributed by atoms with Gasteiger partial charge in [-0.15, -0.1) is 0 Å². The van der Waals surface area contributed by atoms with Crippen molar-refractivity contribution < 1.29 is 13.2 Å². The molecule has 1 heterocycles. The second-order valence-corrected chi connectivity index (χ2v) is 4.86. The van der Waals surface area contributed by atoms with E-state index in [0.717, 1.165) is 6.07 Å². The molecule has 0 saturated heterocycles. The second kappa shape index (κ2) is 5.17. The van der Waals surface area contributed by atoms with Crippen LogP contribution in [0.3, 0.4) is 0 Å². The minimum absolute atomic E-state index is 0.127. The highest BCUT2D eigenvalue weighted by atomic mass is 19.2. The van der Waals surface area contributed by atoms with Crippen LogP contribution in [0.5, 0.6) is 0 Å². The van der Waals surface area contributed by atoms with Crippen LogP contribution in [0.15, 0.2) is 12.1 Å². The molecule has 2 rings (SSSR count). The predicted molar refractivity (Wildman–Crippen MR) is 68.3 cm³/mol. The summed E-state index contributed by atoms with van der Waals surface area (Å²) in [5, 5.41) is 0.292. The molecule has 2 N–H and O–H groups in total. The molecule has 0 radical (unpaired) electrons. The fraction of sp³-hybridized carbons (Fsp3) is 0.357. The summed E-state index contributed by atoms with van der Waals surface area (Å²) in [7, 11) is 0. The van der Waals surface area contributed by atoms with Crippen molar-refractivity contribution in [1.82, 2.24) is 4.98 Å². The van der Waals surface area contributed by atoms with Gasteiger partial charge < -0.3 is 5.73 Å². The van der Waals surface area contributed by atoms with E-state index in [1.54, 1.807) is 13.0 Å². The SMILES string of the molecule is Cc1cc(CC(C)CN)nc2c(F)c(F)c(F)cc12. The average Bonchev–Trinajstić information content (AvgIpc) is 2.37. The molecule has 1 aromatic heterocycles. The topological polar surface area (TPSA) is 38.9 Å². The molecule has 0 bridgehead atoms. The number of benzene rings is 1. The summed E-state index contributed by atoms with van der Waals surface area (Å²) in [5.41, 5.74) is 6.71. The maximum Gasteiger partial charge on any atom is 0.196 e. The molecule has 0 aliphatic rings. The molecule has 19 heavy (non-hydrogen) atoms. The van der Waals surface area contributed by atoms with Crippen LogP contribution >= 0.6 is 0 Å². The number of hydrogen-bond donors (Lipinski definition) is 1. The Labute approximate surface area is 109 Å². The molecule has 2 aromatic rings. The predicted octanol–water partition coefficient (Wildman–Crippen LogP) is 3.10. The first-order valence-electron chi connectivity index (χ1n) is 6.07. The summed E-state index contributed by atoms with van der Waals surface area (Å²) >= 11 is 0. The smallest absolute Gasteiger partial charge is 0.196 e. The number of rotatable bonds is 3. The van der Waals surface area contributed by atoms with Gasteiger partial charge in [-0.1, -0.05) is 6.92 Å². The van der Waals surface area contributed by atoms with Gasteiger partial charge in [0.25, 0.3) is 0 Å². The van der Waals surface area contributed by atoms with Crippen molar-refractivity contribution in [3.63, 3.8) is 0 Å². The third kappa shape index (κ3) is 2.56. The van der Waals surface area contributed by atoms with Gasteiger partial charge in [0, 0.05) is 11.1 Å². The minimum atomic E-state index is -1.48. The van der Waals surface area contributed by atoms with Crippen molar-refractivity contribution in [2.45, 2.75) is 20.3 Å². The van der Waals surface area contributed by atoms with E-state index in [0.29, 0.717) is 29.6 Å². The molecule has 1 unspecified atom stereocenters. The van der Waals surface area contributed by atoms with Crippen molar-refractivity contribution in [2.75, 3.05) is 6.54 Å². The monoisotopic (exact) mass is 268 g/mol. The number of hydrogen-bond acceptors (Lipinski definition) is 2. The van der Waals surface area contributed by atoms with E-state index < -0.39 is 17.5 Å². The zero-order valence-electron chi connectivity index (χ0n) is 10.8. The third-order valence-corrected chi connectivity index (χ3v) is 3.16. The van der Waals surface area contributed by atoms with E-state index in [-0.39, 0.29) is 11.4 Å². The Morgan fingerprint density at radius 1 is 1.21 bits per heavy atom. The normalized spacial score (nSPS) is 12.9. The molecule has 1 aromatic carbocycles. The molecule has 0 saturated carbocycles. The van der Waals surface area contributed by atoms with Gasteiger partial charge in [0.05, 0.1) is 0 Å². The zero-order valence-corrected chi connectivity index (χ0v) is 10.8. The van der Waals surface area contributed by atoms with Crippen LogP contribution in [-0.4, -0.2) is 11.5 Å². The number of nitrogens with zero attached hydrogens (tertiary/aromatic N) is 1. The first kappa shape index (κ1) is 13.8. The number of fused-ring (bicyclic) bond motifs is 1. The molecule has 1 atom stereocenters. The summed E-state index contributed by atoms with van der Waals surface area (Å²) in [6, 6.07) is 2.73. The zero-order chi connectivity index (χ0) is 14.2. The fourth-order valence-corrected chi connectivity index (χ4v) is 2.04. The number of nitrogens with two attached hydrogens (primary N) is 1. The van der Waals surface area contributed by atoms with Crippen LogP contribution in [-0.2, 0) is 6.42 Å². The molecule has 102 valence electrons. The Hall–Kier alpha value is -1.62. The Morgan fingerprint density at radius 2 is 1.89 bits per heavy atom.